The Bertz CT molecular complexity index is 1130. The second-order valence-corrected chi connectivity index (χ2v) is 17.9. The number of phosphoric acid groups is 1. The summed E-state index contributed by atoms with van der Waals surface area (Å²) < 4.78 is 39.5. The molecule has 1 heterocycles. The zero-order valence-electron chi connectivity index (χ0n) is 35.2. The second kappa shape index (κ2) is 35.4. The Morgan fingerprint density at radius 3 is 1.17 bits per heavy atom. The summed E-state index contributed by atoms with van der Waals surface area (Å²) in [4.78, 5) is 69.2. The summed E-state index contributed by atoms with van der Waals surface area (Å²) in [5.41, 5.74) is -1.13. The third-order valence-corrected chi connectivity index (χ3v) is 14.6. The highest BCUT2D eigenvalue weighted by Gasteiger charge is 2.38. The molecule has 16 nitrogen and oxygen atoms in total. The summed E-state index contributed by atoms with van der Waals surface area (Å²) in [5.74, 6) is -1.26. The van der Waals surface area contributed by atoms with Gasteiger partial charge in [-0.2, -0.15) is 0 Å². The van der Waals surface area contributed by atoms with Crippen LogP contribution < -0.4 is 11.2 Å². The van der Waals surface area contributed by atoms with Gasteiger partial charge < -0.3 is 43.7 Å². The minimum atomic E-state index is -5.17. The lowest BCUT2D eigenvalue weighted by molar-refractivity contribution is 0.283. The van der Waals surface area contributed by atoms with Gasteiger partial charge in [-0.1, -0.05) is 89.5 Å². The van der Waals surface area contributed by atoms with Gasteiger partial charge in [0.1, 0.15) is 5.90 Å². The minimum Gasteiger partial charge on any atom is -0.324 e. The van der Waals surface area contributed by atoms with Crippen molar-refractivity contribution >= 4 is 22.8 Å². The number of nitrogens with one attached hydrogen (secondary N) is 1. The molecular formula is C34H79N6O10P3. The summed E-state index contributed by atoms with van der Waals surface area (Å²) in [5, 5.41) is 0. The van der Waals surface area contributed by atoms with Crippen LogP contribution in [0.2, 0.25) is 0 Å². The standard InChI is InChI=1S/C10H19N2O10P3.4C6H15N/c13-9-4-6-12(10(14)11-9)5-2-1-3-7-23(15,8-24(16,17)18)22-25(19,20)21;4*1-4-7(5-2)6-3/h4,6H,1-3,5,7-8H2,(H,11,13,14)(H2,16,17,18)(H2,19,20,21);4*4-6H2,1-3H3. The Balaban J connectivity index is -0.000000347. The summed E-state index contributed by atoms with van der Waals surface area (Å²) in [7, 11) is -14.2. The van der Waals surface area contributed by atoms with Crippen molar-refractivity contribution in [1.82, 2.24) is 29.2 Å². The molecule has 0 saturated heterocycles. The van der Waals surface area contributed by atoms with Gasteiger partial charge in [-0.25, -0.2) is 13.7 Å². The predicted octanol–water partition coefficient (Wildman–Crippen LogP) is 5.62. The van der Waals surface area contributed by atoms with E-state index in [4.69, 9.17) is 19.6 Å². The van der Waals surface area contributed by atoms with Crippen molar-refractivity contribution < 1.29 is 37.6 Å². The van der Waals surface area contributed by atoms with Crippen LogP contribution in [0.3, 0.4) is 0 Å². The molecule has 5 N–H and O–H groups in total. The first-order valence-corrected chi connectivity index (χ1v) is 24.6. The van der Waals surface area contributed by atoms with Crippen molar-refractivity contribution in [1.29, 1.82) is 0 Å². The van der Waals surface area contributed by atoms with Crippen molar-refractivity contribution in [3.05, 3.63) is 33.1 Å². The van der Waals surface area contributed by atoms with Crippen molar-refractivity contribution in [2.75, 3.05) is 90.6 Å². The van der Waals surface area contributed by atoms with E-state index >= 15 is 0 Å². The number of hydrogen-bond donors (Lipinski definition) is 5. The van der Waals surface area contributed by atoms with Crippen LogP contribution in [-0.4, -0.2) is 139 Å². The highest BCUT2D eigenvalue weighted by atomic mass is 31.3. The number of aromatic amines is 1. The first-order valence-electron chi connectivity index (χ1n) is 19.3. The number of aryl methyl sites for hydroxylation is 1. The van der Waals surface area contributed by atoms with Gasteiger partial charge in [-0.3, -0.25) is 18.9 Å². The van der Waals surface area contributed by atoms with E-state index in [0.29, 0.717) is 12.8 Å². The fourth-order valence-electron chi connectivity index (χ4n) is 4.73. The molecule has 0 radical (unpaired) electrons. The highest BCUT2D eigenvalue weighted by Crippen LogP contribution is 2.65. The molecule has 0 aromatic carbocycles. The van der Waals surface area contributed by atoms with Crippen LogP contribution in [0.5, 0.6) is 0 Å². The molecule has 0 spiro atoms. The molecule has 1 aromatic rings. The smallest absolute Gasteiger partial charge is 0.324 e. The fourth-order valence-corrected chi connectivity index (χ4v) is 10.8. The molecule has 0 aliphatic carbocycles. The van der Waals surface area contributed by atoms with Crippen LogP contribution >= 0.6 is 22.8 Å². The van der Waals surface area contributed by atoms with Gasteiger partial charge in [0, 0.05) is 25.0 Å². The molecule has 1 atom stereocenters. The summed E-state index contributed by atoms with van der Waals surface area (Å²) in [6.07, 6.45) is 1.73. The monoisotopic (exact) mass is 825 g/mol. The molecule has 0 aliphatic rings. The second-order valence-electron chi connectivity index (χ2n) is 11.8. The Hall–Kier alpha value is -0.990. The molecule has 53 heavy (non-hydrogen) atoms. The van der Waals surface area contributed by atoms with E-state index in [0.717, 1.165) is 0 Å². The third-order valence-electron chi connectivity index (χ3n) is 8.32. The average Bonchev–Trinajstić information content (AvgIpc) is 3.08. The maximum absolute atomic E-state index is 12.3. The van der Waals surface area contributed by atoms with Crippen molar-refractivity contribution in [2.45, 2.75) is 109 Å². The predicted molar refractivity (Wildman–Crippen MR) is 222 cm³/mol. The molecule has 0 amide bonds. The van der Waals surface area contributed by atoms with Crippen LogP contribution in [0.1, 0.15) is 102 Å². The van der Waals surface area contributed by atoms with Gasteiger partial charge in [0.25, 0.3) is 5.56 Å². The molecule has 19 heteroatoms. The van der Waals surface area contributed by atoms with Crippen LogP contribution in [-0.2, 0) is 24.6 Å². The molecule has 320 valence electrons. The van der Waals surface area contributed by atoms with E-state index in [1.165, 1.54) is 95.4 Å². The number of nitrogens with zero attached hydrogens (tertiary/aromatic N) is 5. The Morgan fingerprint density at radius 1 is 0.585 bits per heavy atom. The van der Waals surface area contributed by atoms with Gasteiger partial charge >= 0.3 is 21.1 Å². The van der Waals surface area contributed by atoms with Crippen molar-refractivity contribution in [3.63, 3.8) is 0 Å². The number of H-pyrrole nitrogens is 1. The van der Waals surface area contributed by atoms with Gasteiger partial charge in [0.2, 0.25) is 7.37 Å². The average molecular weight is 825 g/mol. The fraction of sp³-hybridized carbons (Fsp3) is 0.882. The lowest BCUT2D eigenvalue weighted by Gasteiger charge is -2.19. The van der Waals surface area contributed by atoms with E-state index in [1.807, 2.05) is 0 Å². The molecule has 0 fully saturated rings. The molecule has 1 rings (SSSR count). The van der Waals surface area contributed by atoms with E-state index < -0.39 is 46.1 Å². The SMILES string of the molecule is CCN(CC)CC.CCN(CC)CC.CCN(CC)CC.CCN(CC)CC.O=c1ccn(CCCCCP(=O)(CP(=O)(O)O)OP(=O)(O)O)c(=O)[nH]1. The van der Waals surface area contributed by atoms with E-state index in [2.05, 4.69) is 112 Å². The first-order chi connectivity index (χ1) is 24.7. The maximum atomic E-state index is 12.3. The van der Waals surface area contributed by atoms with Gasteiger partial charge in [0.15, 0.2) is 0 Å². The number of rotatable bonds is 22. The summed E-state index contributed by atoms with van der Waals surface area (Å²) >= 11 is 0. The minimum absolute atomic E-state index is 0.107. The van der Waals surface area contributed by atoms with E-state index in [1.54, 1.807) is 0 Å². The van der Waals surface area contributed by atoms with Gasteiger partial charge in [-0.05, 0) is 91.4 Å². The maximum Gasteiger partial charge on any atom is 0.475 e. The van der Waals surface area contributed by atoms with Gasteiger partial charge in [-0.15, -0.1) is 0 Å². The first kappa shape index (κ1) is 58.7. The molecule has 1 unspecified atom stereocenters. The number of hydrogen-bond acceptors (Lipinski definition) is 10. The van der Waals surface area contributed by atoms with Crippen LogP contribution in [0.25, 0.3) is 0 Å². The Labute approximate surface area is 321 Å². The quantitative estimate of drug-likeness (QED) is 0.0711. The number of unbranched alkanes of at least 4 members (excludes halogenated alkanes) is 2. The third kappa shape index (κ3) is 37.7. The molecule has 1 aromatic heterocycles. The lowest BCUT2D eigenvalue weighted by atomic mass is 10.2. The zero-order valence-corrected chi connectivity index (χ0v) is 37.9. The Morgan fingerprint density at radius 2 is 0.925 bits per heavy atom. The van der Waals surface area contributed by atoms with Crippen molar-refractivity contribution in [3.8, 4) is 0 Å². The Kier molecular flexibility index (Phi) is 39.2. The topological polar surface area (TPSA) is 209 Å². The number of aromatic nitrogens is 2. The van der Waals surface area contributed by atoms with E-state index in [-0.39, 0.29) is 13.0 Å². The summed E-state index contributed by atoms with van der Waals surface area (Å²) in [6.45, 7) is 40.7. The normalized spacial score (nSPS) is 12.5. The van der Waals surface area contributed by atoms with Crippen molar-refractivity contribution in [2.24, 2.45) is 0 Å². The molecule has 0 bridgehead atoms. The lowest BCUT2D eigenvalue weighted by Crippen LogP contribution is -2.28. The van der Waals surface area contributed by atoms with E-state index in [9.17, 15) is 23.3 Å². The van der Waals surface area contributed by atoms with Gasteiger partial charge in [0.05, 0.1) is 0 Å². The zero-order chi connectivity index (χ0) is 42.1. The summed E-state index contributed by atoms with van der Waals surface area (Å²) in [6, 6.07) is 1.17. The van der Waals surface area contributed by atoms with Crippen LogP contribution in [0.15, 0.2) is 21.9 Å². The molecular weight excluding hydrogens is 745 g/mol. The largest absolute Gasteiger partial charge is 0.475 e. The molecule has 0 saturated carbocycles. The highest BCUT2D eigenvalue weighted by molar-refractivity contribution is 7.76. The van der Waals surface area contributed by atoms with Crippen LogP contribution in [0.4, 0.5) is 0 Å². The molecule has 0 aliphatic heterocycles. The van der Waals surface area contributed by atoms with Crippen LogP contribution in [0, 0.1) is 0 Å².